The van der Waals surface area contributed by atoms with Crippen LogP contribution in [0.5, 0.6) is 0 Å². The summed E-state index contributed by atoms with van der Waals surface area (Å²) in [5.41, 5.74) is 0.866. The molecule has 1 N–H and O–H groups in total. The molecule has 1 aliphatic heterocycles. The lowest BCUT2D eigenvalue weighted by Crippen LogP contribution is -2.52. The fourth-order valence-corrected chi connectivity index (χ4v) is 1.94. The van der Waals surface area contributed by atoms with Gasteiger partial charge < -0.3 is 15.0 Å². The van der Waals surface area contributed by atoms with Crippen LogP contribution in [0.3, 0.4) is 0 Å². The van der Waals surface area contributed by atoms with Gasteiger partial charge in [-0.3, -0.25) is 9.59 Å². The third-order valence-electron chi connectivity index (χ3n) is 2.86. The van der Waals surface area contributed by atoms with Crippen molar-refractivity contribution in [1.82, 2.24) is 10.2 Å². The lowest BCUT2D eigenvalue weighted by atomic mass is 9.99. The Hall–Kier alpha value is -1.88. The van der Waals surface area contributed by atoms with Gasteiger partial charge in [-0.1, -0.05) is 30.3 Å². The summed E-state index contributed by atoms with van der Waals surface area (Å²) in [5.74, 6) is -0.351. The third kappa shape index (κ3) is 2.51. The highest BCUT2D eigenvalue weighted by atomic mass is 16.5. The summed E-state index contributed by atoms with van der Waals surface area (Å²) >= 11 is 0. The van der Waals surface area contributed by atoms with Crippen LogP contribution < -0.4 is 5.32 Å². The number of nitrogens with zero attached hydrogens (tertiary/aromatic N) is 1. The predicted octanol–water partition coefficient (Wildman–Crippen LogP) is 0.331. The molecule has 1 aromatic rings. The van der Waals surface area contributed by atoms with Crippen LogP contribution in [0.1, 0.15) is 11.6 Å². The molecule has 1 heterocycles. The van der Waals surface area contributed by atoms with Gasteiger partial charge in [-0.05, 0) is 5.56 Å². The summed E-state index contributed by atoms with van der Waals surface area (Å²) in [6.07, 6.45) is -0.667. The van der Waals surface area contributed by atoms with Crippen LogP contribution in [0.25, 0.3) is 0 Å². The van der Waals surface area contributed by atoms with E-state index in [9.17, 15) is 9.59 Å². The third-order valence-corrected chi connectivity index (χ3v) is 2.86. The van der Waals surface area contributed by atoms with Crippen LogP contribution in [0.4, 0.5) is 0 Å². The van der Waals surface area contributed by atoms with E-state index in [0.717, 1.165) is 5.56 Å². The second kappa shape index (κ2) is 5.18. The Morgan fingerprint density at radius 2 is 2.00 bits per heavy atom. The summed E-state index contributed by atoms with van der Waals surface area (Å²) in [7, 11) is 3.34. The van der Waals surface area contributed by atoms with Gasteiger partial charge in [-0.15, -0.1) is 0 Å². The number of likely N-dealkylation sites (N-methyl/N-ethyl adjacent to an activating group) is 1. The molecule has 2 atom stereocenters. The van der Waals surface area contributed by atoms with E-state index in [1.54, 1.807) is 14.1 Å². The van der Waals surface area contributed by atoms with Crippen LogP contribution >= 0.6 is 0 Å². The normalized spacial score (nSPS) is 23.3. The van der Waals surface area contributed by atoms with E-state index in [2.05, 4.69) is 5.32 Å². The number of rotatable bonds is 2. The molecular formula is C13H16N2O3. The minimum Gasteiger partial charge on any atom is -0.356 e. The minimum absolute atomic E-state index is 0.0758. The quantitative estimate of drug-likeness (QED) is 0.820. The van der Waals surface area contributed by atoms with E-state index in [4.69, 9.17) is 4.74 Å². The first-order chi connectivity index (χ1) is 8.59. The summed E-state index contributed by atoms with van der Waals surface area (Å²) in [6.45, 7) is -0.0758. The van der Waals surface area contributed by atoms with Crippen molar-refractivity contribution < 1.29 is 14.3 Å². The molecule has 5 heteroatoms. The van der Waals surface area contributed by atoms with Gasteiger partial charge in [0.05, 0.1) is 6.04 Å². The molecule has 0 aromatic heterocycles. The van der Waals surface area contributed by atoms with Crippen molar-refractivity contribution in [2.24, 2.45) is 0 Å². The standard InChI is InChI=1S/C13H16N2O3/c1-15(2)13(17)12-11(14-10(16)8-18-12)9-6-4-3-5-7-9/h3-7,11-12H,8H2,1-2H3,(H,14,16)/t11-,12+/m1/s1. The highest BCUT2D eigenvalue weighted by molar-refractivity contribution is 5.86. The maximum atomic E-state index is 12.0. The van der Waals surface area contributed by atoms with Gasteiger partial charge in [0.15, 0.2) is 6.10 Å². The van der Waals surface area contributed by atoms with E-state index in [0.29, 0.717) is 0 Å². The van der Waals surface area contributed by atoms with Crippen molar-refractivity contribution in [2.45, 2.75) is 12.1 Å². The molecule has 0 unspecified atom stereocenters. The Balaban J connectivity index is 2.27. The van der Waals surface area contributed by atoms with Gasteiger partial charge in [0.2, 0.25) is 5.91 Å². The van der Waals surface area contributed by atoms with Crippen molar-refractivity contribution in [3.05, 3.63) is 35.9 Å². The largest absolute Gasteiger partial charge is 0.356 e. The Bertz CT molecular complexity index is 445. The van der Waals surface area contributed by atoms with Crippen molar-refractivity contribution in [2.75, 3.05) is 20.7 Å². The molecule has 1 aromatic carbocycles. The number of ether oxygens (including phenoxy) is 1. The predicted molar refractivity (Wildman–Crippen MR) is 65.8 cm³/mol. The lowest BCUT2D eigenvalue weighted by molar-refractivity contribution is -0.153. The van der Waals surface area contributed by atoms with Crippen molar-refractivity contribution in [3.8, 4) is 0 Å². The van der Waals surface area contributed by atoms with Gasteiger partial charge >= 0.3 is 0 Å². The fraction of sp³-hybridized carbons (Fsp3) is 0.385. The second-order valence-corrected chi connectivity index (χ2v) is 4.42. The van der Waals surface area contributed by atoms with Gasteiger partial charge in [0.25, 0.3) is 5.91 Å². The average molecular weight is 248 g/mol. The van der Waals surface area contributed by atoms with Crippen LogP contribution in [0.2, 0.25) is 0 Å². The van der Waals surface area contributed by atoms with Crippen molar-refractivity contribution in [3.63, 3.8) is 0 Å². The molecule has 18 heavy (non-hydrogen) atoms. The zero-order valence-electron chi connectivity index (χ0n) is 10.4. The van der Waals surface area contributed by atoms with Crippen LogP contribution in [0.15, 0.2) is 30.3 Å². The van der Waals surface area contributed by atoms with Gasteiger partial charge in [0, 0.05) is 14.1 Å². The number of nitrogens with one attached hydrogen (secondary N) is 1. The number of amides is 2. The Morgan fingerprint density at radius 1 is 1.33 bits per heavy atom. The molecule has 1 saturated heterocycles. The Labute approximate surface area is 106 Å². The smallest absolute Gasteiger partial charge is 0.253 e. The molecular weight excluding hydrogens is 232 g/mol. The lowest BCUT2D eigenvalue weighted by Gasteiger charge is -2.33. The van der Waals surface area contributed by atoms with Gasteiger partial charge in [-0.2, -0.15) is 0 Å². The molecule has 1 aliphatic rings. The molecule has 5 nitrogen and oxygen atoms in total. The minimum atomic E-state index is -0.667. The van der Waals surface area contributed by atoms with Crippen LogP contribution in [0, 0.1) is 0 Å². The molecule has 1 fully saturated rings. The first-order valence-electron chi connectivity index (χ1n) is 5.76. The molecule has 2 amide bonds. The van der Waals surface area contributed by atoms with Gasteiger partial charge in [-0.25, -0.2) is 0 Å². The molecule has 0 bridgehead atoms. The Morgan fingerprint density at radius 3 is 2.61 bits per heavy atom. The zero-order chi connectivity index (χ0) is 13.1. The number of hydrogen-bond acceptors (Lipinski definition) is 3. The highest BCUT2D eigenvalue weighted by Gasteiger charge is 2.36. The number of morpholine rings is 1. The first-order valence-corrected chi connectivity index (χ1v) is 5.76. The van der Waals surface area contributed by atoms with E-state index >= 15 is 0 Å². The maximum absolute atomic E-state index is 12.0. The highest BCUT2D eigenvalue weighted by Crippen LogP contribution is 2.23. The molecule has 0 radical (unpaired) electrons. The summed E-state index contributed by atoms with van der Waals surface area (Å²) < 4.78 is 5.38. The zero-order valence-corrected chi connectivity index (χ0v) is 10.4. The number of benzene rings is 1. The molecule has 0 aliphatic carbocycles. The number of hydrogen-bond donors (Lipinski definition) is 1. The topological polar surface area (TPSA) is 58.6 Å². The fourth-order valence-electron chi connectivity index (χ4n) is 1.94. The average Bonchev–Trinajstić information content (AvgIpc) is 2.39. The first kappa shape index (κ1) is 12.6. The monoisotopic (exact) mass is 248 g/mol. The van der Waals surface area contributed by atoms with Gasteiger partial charge in [0.1, 0.15) is 6.61 Å². The summed E-state index contributed by atoms with van der Waals surface area (Å²) in [6, 6.07) is 8.94. The van der Waals surface area contributed by atoms with E-state index in [1.165, 1.54) is 4.90 Å². The summed E-state index contributed by atoms with van der Waals surface area (Å²) in [5, 5.41) is 2.81. The Kier molecular flexibility index (Phi) is 3.62. The molecule has 2 rings (SSSR count). The van der Waals surface area contributed by atoms with Crippen molar-refractivity contribution >= 4 is 11.8 Å². The molecule has 0 saturated carbocycles. The van der Waals surface area contributed by atoms with E-state index < -0.39 is 12.1 Å². The summed E-state index contributed by atoms with van der Waals surface area (Å²) in [4.78, 5) is 24.9. The van der Waals surface area contributed by atoms with Crippen LogP contribution in [-0.2, 0) is 14.3 Å². The number of carbonyl (C=O) groups is 2. The van der Waals surface area contributed by atoms with Crippen LogP contribution in [-0.4, -0.2) is 43.5 Å². The SMILES string of the molecule is CN(C)C(=O)[C@H]1OCC(=O)N[C@@H]1c1ccccc1. The molecule has 0 spiro atoms. The van der Waals surface area contributed by atoms with E-state index in [-0.39, 0.29) is 18.4 Å². The van der Waals surface area contributed by atoms with Crippen molar-refractivity contribution in [1.29, 1.82) is 0 Å². The molecule has 96 valence electrons. The number of carbonyl (C=O) groups excluding carboxylic acids is 2. The maximum Gasteiger partial charge on any atom is 0.253 e. The van der Waals surface area contributed by atoms with E-state index in [1.807, 2.05) is 30.3 Å². The second-order valence-electron chi connectivity index (χ2n) is 4.42.